The molecule has 106 valence electrons. The molecule has 0 saturated carbocycles. The summed E-state index contributed by atoms with van der Waals surface area (Å²) < 4.78 is 28.2. The maximum absolute atomic E-state index is 12.2. The highest BCUT2D eigenvalue weighted by atomic mass is 32.2. The Morgan fingerprint density at radius 3 is 2.45 bits per heavy atom. The predicted molar refractivity (Wildman–Crippen MR) is 74.8 cm³/mol. The lowest BCUT2D eigenvalue weighted by Crippen LogP contribution is -2.16. The number of amides is 1. The molecule has 0 radical (unpaired) electrons. The van der Waals surface area contributed by atoms with Crippen LogP contribution in [0, 0.1) is 0 Å². The number of sulfonamides is 1. The number of carbonyl (C=O) groups is 1. The molecule has 0 bridgehead atoms. The first kappa shape index (κ1) is 14.1. The van der Waals surface area contributed by atoms with Crippen molar-refractivity contribution < 1.29 is 13.2 Å². The van der Waals surface area contributed by atoms with Crippen molar-refractivity contribution in [3.63, 3.8) is 0 Å². The van der Waals surface area contributed by atoms with Crippen LogP contribution in [0.2, 0.25) is 0 Å². The highest BCUT2D eigenvalue weighted by Gasteiger charge is 2.18. The first-order valence-corrected chi connectivity index (χ1v) is 7.24. The number of benzene rings is 1. The van der Waals surface area contributed by atoms with Crippen LogP contribution in [0.15, 0.2) is 41.8 Å². The van der Waals surface area contributed by atoms with E-state index in [0.29, 0.717) is 5.69 Å². The summed E-state index contributed by atoms with van der Waals surface area (Å²) in [5, 5.41) is 2.48. The lowest BCUT2D eigenvalue weighted by molar-refractivity contribution is -0.114. The number of imidazole rings is 1. The molecule has 0 atom stereocenters. The molecule has 2 rings (SSSR count). The van der Waals surface area contributed by atoms with Gasteiger partial charge in [-0.1, -0.05) is 12.1 Å². The fourth-order valence-electron chi connectivity index (χ4n) is 1.60. The minimum Gasteiger partial charge on any atom is -0.339 e. The van der Waals surface area contributed by atoms with Gasteiger partial charge in [-0.2, -0.15) is 8.42 Å². The van der Waals surface area contributed by atoms with Gasteiger partial charge in [0, 0.05) is 20.2 Å². The molecule has 0 saturated heterocycles. The van der Waals surface area contributed by atoms with Crippen LogP contribution >= 0.6 is 0 Å². The van der Waals surface area contributed by atoms with Crippen LogP contribution in [0.1, 0.15) is 6.92 Å². The van der Waals surface area contributed by atoms with Crippen molar-refractivity contribution in [2.24, 2.45) is 7.05 Å². The van der Waals surface area contributed by atoms with Gasteiger partial charge in [-0.25, -0.2) is 4.98 Å². The number of hydrogen-bond acceptors (Lipinski definition) is 4. The van der Waals surface area contributed by atoms with Crippen LogP contribution < -0.4 is 10.0 Å². The summed E-state index contributed by atoms with van der Waals surface area (Å²) in [5.41, 5.74) is 0.674. The van der Waals surface area contributed by atoms with Gasteiger partial charge in [0.15, 0.2) is 5.03 Å². The summed E-state index contributed by atoms with van der Waals surface area (Å²) in [6, 6.07) is 6.54. The second-order valence-corrected chi connectivity index (χ2v) is 5.84. The van der Waals surface area contributed by atoms with Crippen molar-refractivity contribution in [1.82, 2.24) is 9.55 Å². The van der Waals surface area contributed by atoms with Crippen LogP contribution in [0.4, 0.5) is 11.4 Å². The third kappa shape index (κ3) is 3.15. The molecule has 0 aliphatic heterocycles. The molecule has 7 nitrogen and oxygen atoms in total. The van der Waals surface area contributed by atoms with Gasteiger partial charge in [-0.3, -0.25) is 9.52 Å². The van der Waals surface area contributed by atoms with Gasteiger partial charge >= 0.3 is 0 Å². The van der Waals surface area contributed by atoms with Crippen molar-refractivity contribution in [2.75, 3.05) is 10.0 Å². The fourth-order valence-corrected chi connectivity index (χ4v) is 2.66. The summed E-state index contributed by atoms with van der Waals surface area (Å²) in [6.07, 6.45) is 2.79. The zero-order valence-electron chi connectivity index (χ0n) is 11.0. The van der Waals surface area contributed by atoms with Crippen LogP contribution in [0.3, 0.4) is 0 Å². The van der Waals surface area contributed by atoms with Crippen molar-refractivity contribution in [3.05, 3.63) is 36.8 Å². The van der Waals surface area contributed by atoms with Crippen LogP contribution in [0.25, 0.3) is 0 Å². The standard InChI is InChI=1S/C12H14N4O3S/c1-9(17)14-10-5-3-4-6-11(10)15-20(18,19)12-7-16(2)8-13-12/h3-8,15H,1-2H3,(H,14,17). The molecule has 1 amide bonds. The van der Waals surface area contributed by atoms with Gasteiger partial charge in [0.05, 0.1) is 17.7 Å². The van der Waals surface area contributed by atoms with E-state index in [-0.39, 0.29) is 16.6 Å². The number of para-hydroxylation sites is 2. The van der Waals surface area contributed by atoms with Crippen molar-refractivity contribution in [3.8, 4) is 0 Å². The predicted octanol–water partition coefficient (Wildman–Crippen LogP) is 1.18. The Morgan fingerprint density at radius 2 is 1.90 bits per heavy atom. The molecule has 0 spiro atoms. The van der Waals surface area contributed by atoms with E-state index in [1.807, 2.05) is 0 Å². The van der Waals surface area contributed by atoms with Gasteiger partial charge in [0.1, 0.15) is 0 Å². The molecule has 0 unspecified atom stereocenters. The molecule has 8 heteroatoms. The third-order valence-electron chi connectivity index (χ3n) is 2.44. The first-order chi connectivity index (χ1) is 9.38. The van der Waals surface area contributed by atoms with E-state index >= 15 is 0 Å². The highest BCUT2D eigenvalue weighted by Crippen LogP contribution is 2.23. The monoisotopic (exact) mass is 294 g/mol. The number of nitrogens with one attached hydrogen (secondary N) is 2. The fraction of sp³-hybridized carbons (Fsp3) is 0.167. The number of aryl methyl sites for hydroxylation is 1. The van der Waals surface area contributed by atoms with Gasteiger partial charge in [0.25, 0.3) is 10.0 Å². The average molecular weight is 294 g/mol. The Bertz CT molecular complexity index is 737. The Balaban J connectivity index is 2.32. The van der Waals surface area contributed by atoms with E-state index in [4.69, 9.17) is 0 Å². The molecule has 0 fully saturated rings. The summed E-state index contributed by atoms with van der Waals surface area (Å²) in [6.45, 7) is 1.35. The SMILES string of the molecule is CC(=O)Nc1ccccc1NS(=O)(=O)c1cn(C)cn1. The smallest absolute Gasteiger partial charge is 0.281 e. The zero-order valence-corrected chi connectivity index (χ0v) is 11.8. The van der Waals surface area contributed by atoms with Gasteiger partial charge in [-0.15, -0.1) is 0 Å². The Hall–Kier alpha value is -2.35. The van der Waals surface area contributed by atoms with Gasteiger partial charge in [-0.05, 0) is 12.1 Å². The van der Waals surface area contributed by atoms with E-state index < -0.39 is 10.0 Å². The summed E-state index contributed by atoms with van der Waals surface area (Å²) >= 11 is 0. The molecule has 2 aromatic rings. The number of rotatable bonds is 4. The number of anilines is 2. The maximum atomic E-state index is 12.2. The Kier molecular flexibility index (Phi) is 3.75. The summed E-state index contributed by atoms with van der Waals surface area (Å²) in [7, 11) is -2.11. The minimum absolute atomic E-state index is 0.0855. The first-order valence-electron chi connectivity index (χ1n) is 5.76. The molecule has 1 aromatic carbocycles. The molecule has 2 N–H and O–H groups in total. The molecule has 0 aliphatic rings. The van der Waals surface area contributed by atoms with E-state index in [1.165, 1.54) is 24.0 Å². The summed E-state index contributed by atoms with van der Waals surface area (Å²) in [4.78, 5) is 14.9. The third-order valence-corrected chi connectivity index (χ3v) is 3.69. The van der Waals surface area contributed by atoms with Gasteiger partial charge in [0.2, 0.25) is 5.91 Å². The van der Waals surface area contributed by atoms with E-state index in [2.05, 4.69) is 15.0 Å². The highest BCUT2D eigenvalue weighted by molar-refractivity contribution is 7.92. The van der Waals surface area contributed by atoms with E-state index in [0.717, 1.165) is 0 Å². The van der Waals surface area contributed by atoms with Crippen LogP contribution in [-0.2, 0) is 21.9 Å². The van der Waals surface area contributed by atoms with E-state index in [1.54, 1.807) is 31.3 Å². The van der Waals surface area contributed by atoms with E-state index in [9.17, 15) is 13.2 Å². The second-order valence-electron chi connectivity index (χ2n) is 4.21. The number of carbonyl (C=O) groups excluding carboxylic acids is 1. The molecular weight excluding hydrogens is 280 g/mol. The maximum Gasteiger partial charge on any atom is 0.281 e. The number of aromatic nitrogens is 2. The van der Waals surface area contributed by atoms with Crippen LogP contribution in [-0.4, -0.2) is 23.9 Å². The largest absolute Gasteiger partial charge is 0.339 e. The summed E-state index contributed by atoms with van der Waals surface area (Å²) in [5.74, 6) is -0.283. The molecule has 1 aromatic heterocycles. The molecular formula is C12H14N4O3S. The topological polar surface area (TPSA) is 93.1 Å². The Labute approximate surface area is 116 Å². The van der Waals surface area contributed by atoms with Crippen molar-refractivity contribution >= 4 is 27.3 Å². The Morgan fingerprint density at radius 1 is 1.25 bits per heavy atom. The average Bonchev–Trinajstić information content (AvgIpc) is 2.78. The number of hydrogen-bond donors (Lipinski definition) is 2. The van der Waals surface area contributed by atoms with Crippen molar-refractivity contribution in [2.45, 2.75) is 11.9 Å². The van der Waals surface area contributed by atoms with Gasteiger partial charge < -0.3 is 9.88 Å². The quantitative estimate of drug-likeness (QED) is 0.885. The lowest BCUT2D eigenvalue weighted by Gasteiger charge is -2.11. The minimum atomic E-state index is -3.78. The van der Waals surface area contributed by atoms with Crippen LogP contribution in [0.5, 0.6) is 0 Å². The molecule has 0 aliphatic carbocycles. The second kappa shape index (κ2) is 5.33. The number of nitrogens with zero attached hydrogens (tertiary/aromatic N) is 2. The lowest BCUT2D eigenvalue weighted by atomic mass is 10.3. The zero-order chi connectivity index (χ0) is 14.8. The normalized spacial score (nSPS) is 11.1. The molecule has 1 heterocycles. The van der Waals surface area contributed by atoms with Crippen molar-refractivity contribution in [1.29, 1.82) is 0 Å². The molecule has 20 heavy (non-hydrogen) atoms.